The molecule has 4 heteroatoms. The standard InChI is InChI=1S/C15H14O4/c16-15(14-9-5-2-6-10-14)17-12-19-18-11-13-7-3-1-4-8-13/h1-10H,11-12H2. The van der Waals surface area contributed by atoms with Crippen molar-refractivity contribution >= 4 is 5.97 Å². The topological polar surface area (TPSA) is 44.8 Å². The average molecular weight is 258 g/mol. The van der Waals surface area contributed by atoms with Gasteiger partial charge in [0.2, 0.25) is 6.79 Å². The quantitative estimate of drug-likeness (QED) is 0.263. The number of hydrogen-bond acceptors (Lipinski definition) is 4. The van der Waals surface area contributed by atoms with Crippen molar-refractivity contribution in [3.63, 3.8) is 0 Å². The van der Waals surface area contributed by atoms with Gasteiger partial charge < -0.3 is 4.74 Å². The van der Waals surface area contributed by atoms with Crippen LogP contribution in [0.3, 0.4) is 0 Å². The lowest BCUT2D eigenvalue weighted by molar-refractivity contribution is -0.335. The predicted molar refractivity (Wildman–Crippen MR) is 69.0 cm³/mol. The highest BCUT2D eigenvalue weighted by molar-refractivity contribution is 5.89. The van der Waals surface area contributed by atoms with Crippen LogP contribution in [-0.4, -0.2) is 12.8 Å². The molecule has 0 fully saturated rings. The summed E-state index contributed by atoms with van der Waals surface area (Å²) < 4.78 is 4.88. The normalized spacial score (nSPS) is 10.1. The molecular formula is C15H14O4. The van der Waals surface area contributed by atoms with Crippen molar-refractivity contribution in [3.8, 4) is 0 Å². The monoisotopic (exact) mass is 258 g/mol. The highest BCUT2D eigenvalue weighted by atomic mass is 17.2. The summed E-state index contributed by atoms with van der Waals surface area (Å²) in [5.41, 5.74) is 1.46. The molecule has 0 spiro atoms. The van der Waals surface area contributed by atoms with E-state index in [0.29, 0.717) is 12.2 Å². The number of benzene rings is 2. The molecule has 19 heavy (non-hydrogen) atoms. The minimum Gasteiger partial charge on any atom is -0.432 e. The Kier molecular flexibility index (Phi) is 5.10. The van der Waals surface area contributed by atoms with Crippen LogP contribution in [0, 0.1) is 0 Å². The summed E-state index contributed by atoms with van der Waals surface area (Å²) >= 11 is 0. The van der Waals surface area contributed by atoms with E-state index in [0.717, 1.165) is 5.56 Å². The molecule has 0 N–H and O–H groups in total. The Morgan fingerprint density at radius 3 is 2.16 bits per heavy atom. The van der Waals surface area contributed by atoms with E-state index >= 15 is 0 Å². The molecule has 98 valence electrons. The summed E-state index contributed by atoms with van der Waals surface area (Å²) in [6.07, 6.45) is 0. The van der Waals surface area contributed by atoms with Gasteiger partial charge in [0, 0.05) is 0 Å². The Bertz CT molecular complexity index is 496. The Morgan fingerprint density at radius 2 is 1.47 bits per heavy atom. The molecule has 0 atom stereocenters. The third-order valence-corrected chi connectivity index (χ3v) is 2.40. The van der Waals surface area contributed by atoms with E-state index in [1.54, 1.807) is 24.3 Å². The SMILES string of the molecule is O=C(OCOOCc1ccccc1)c1ccccc1. The van der Waals surface area contributed by atoms with Crippen LogP contribution in [0.15, 0.2) is 60.7 Å². The second kappa shape index (κ2) is 7.31. The van der Waals surface area contributed by atoms with Gasteiger partial charge >= 0.3 is 5.97 Å². The van der Waals surface area contributed by atoms with Crippen molar-refractivity contribution in [1.82, 2.24) is 0 Å². The first-order valence-electron chi connectivity index (χ1n) is 5.87. The fraction of sp³-hybridized carbons (Fsp3) is 0.133. The predicted octanol–water partition coefficient (Wildman–Crippen LogP) is 2.95. The minimum absolute atomic E-state index is 0.236. The van der Waals surface area contributed by atoms with Crippen LogP contribution in [-0.2, 0) is 21.1 Å². The zero-order chi connectivity index (χ0) is 13.3. The molecule has 0 heterocycles. The van der Waals surface area contributed by atoms with Gasteiger partial charge in [0.15, 0.2) is 0 Å². The maximum absolute atomic E-state index is 11.5. The van der Waals surface area contributed by atoms with Gasteiger partial charge in [-0.1, -0.05) is 48.5 Å². The Labute approximate surface area is 111 Å². The fourth-order valence-electron chi connectivity index (χ4n) is 1.45. The van der Waals surface area contributed by atoms with E-state index in [9.17, 15) is 4.79 Å². The van der Waals surface area contributed by atoms with Crippen molar-refractivity contribution in [2.24, 2.45) is 0 Å². The Hall–Kier alpha value is -2.17. The van der Waals surface area contributed by atoms with Crippen LogP contribution in [0.4, 0.5) is 0 Å². The Balaban J connectivity index is 1.63. The van der Waals surface area contributed by atoms with Crippen LogP contribution in [0.1, 0.15) is 15.9 Å². The van der Waals surface area contributed by atoms with E-state index < -0.39 is 5.97 Å². The van der Waals surface area contributed by atoms with Crippen LogP contribution >= 0.6 is 0 Å². The number of carbonyl (C=O) groups is 1. The molecule has 2 rings (SSSR count). The molecule has 2 aromatic rings. The number of esters is 1. The summed E-state index contributed by atoms with van der Waals surface area (Å²) in [6.45, 7) is 0.0737. The molecule has 4 nitrogen and oxygen atoms in total. The van der Waals surface area contributed by atoms with E-state index in [1.165, 1.54) is 0 Å². The third-order valence-electron chi connectivity index (χ3n) is 2.40. The summed E-state index contributed by atoms with van der Waals surface area (Å²) in [5, 5.41) is 0. The number of rotatable bonds is 6. The highest BCUT2D eigenvalue weighted by Crippen LogP contribution is 2.03. The molecule has 0 aliphatic rings. The lowest BCUT2D eigenvalue weighted by Crippen LogP contribution is -2.09. The lowest BCUT2D eigenvalue weighted by atomic mass is 10.2. The van der Waals surface area contributed by atoms with E-state index in [1.807, 2.05) is 36.4 Å². The van der Waals surface area contributed by atoms with Crippen molar-refractivity contribution in [3.05, 3.63) is 71.8 Å². The number of ether oxygens (including phenoxy) is 1. The molecule has 0 aromatic heterocycles. The van der Waals surface area contributed by atoms with Crippen LogP contribution in [0.25, 0.3) is 0 Å². The molecular weight excluding hydrogens is 244 g/mol. The number of hydrogen-bond donors (Lipinski definition) is 0. The zero-order valence-corrected chi connectivity index (χ0v) is 10.3. The smallest absolute Gasteiger partial charge is 0.340 e. The van der Waals surface area contributed by atoms with Gasteiger partial charge in [0.25, 0.3) is 0 Å². The summed E-state index contributed by atoms with van der Waals surface area (Å²) in [7, 11) is 0. The molecule has 0 saturated carbocycles. The van der Waals surface area contributed by atoms with Crippen LogP contribution < -0.4 is 0 Å². The molecule has 0 aliphatic heterocycles. The first-order valence-corrected chi connectivity index (χ1v) is 5.87. The van der Waals surface area contributed by atoms with Gasteiger partial charge in [-0.25, -0.2) is 9.68 Å². The molecule has 0 radical (unpaired) electrons. The van der Waals surface area contributed by atoms with E-state index in [4.69, 9.17) is 14.5 Å². The first kappa shape index (κ1) is 13.3. The van der Waals surface area contributed by atoms with Crippen molar-refractivity contribution in [2.75, 3.05) is 6.79 Å². The summed E-state index contributed by atoms with van der Waals surface area (Å²) in [5.74, 6) is -0.441. The van der Waals surface area contributed by atoms with Gasteiger partial charge in [-0.15, -0.1) is 0 Å². The zero-order valence-electron chi connectivity index (χ0n) is 10.3. The average Bonchev–Trinajstić information content (AvgIpc) is 2.49. The molecule has 2 aromatic carbocycles. The van der Waals surface area contributed by atoms with E-state index in [-0.39, 0.29) is 6.79 Å². The first-order chi connectivity index (χ1) is 9.36. The van der Waals surface area contributed by atoms with Crippen molar-refractivity contribution in [2.45, 2.75) is 6.61 Å². The molecule has 0 amide bonds. The van der Waals surface area contributed by atoms with Crippen molar-refractivity contribution < 1.29 is 19.3 Å². The maximum atomic E-state index is 11.5. The largest absolute Gasteiger partial charge is 0.432 e. The van der Waals surface area contributed by atoms with Crippen LogP contribution in [0.2, 0.25) is 0 Å². The van der Waals surface area contributed by atoms with Gasteiger partial charge in [-0.3, -0.25) is 0 Å². The number of carbonyl (C=O) groups excluding carboxylic acids is 1. The fourth-order valence-corrected chi connectivity index (χ4v) is 1.45. The summed E-state index contributed by atoms with van der Waals surface area (Å²) in [6, 6.07) is 18.3. The maximum Gasteiger partial charge on any atom is 0.340 e. The third kappa shape index (κ3) is 4.54. The summed E-state index contributed by atoms with van der Waals surface area (Å²) in [4.78, 5) is 21.2. The molecule has 0 bridgehead atoms. The molecule has 0 aliphatic carbocycles. The Morgan fingerprint density at radius 1 is 0.842 bits per heavy atom. The van der Waals surface area contributed by atoms with Gasteiger partial charge in [0.1, 0.15) is 6.61 Å². The van der Waals surface area contributed by atoms with Crippen molar-refractivity contribution in [1.29, 1.82) is 0 Å². The molecule has 0 saturated heterocycles. The van der Waals surface area contributed by atoms with Crippen LogP contribution in [0.5, 0.6) is 0 Å². The molecule has 0 unspecified atom stereocenters. The van der Waals surface area contributed by atoms with Gasteiger partial charge in [-0.2, -0.15) is 4.89 Å². The van der Waals surface area contributed by atoms with Gasteiger partial charge in [-0.05, 0) is 17.7 Å². The second-order valence-electron chi connectivity index (χ2n) is 3.78. The van der Waals surface area contributed by atoms with E-state index in [2.05, 4.69) is 0 Å². The minimum atomic E-state index is -0.441. The second-order valence-corrected chi connectivity index (χ2v) is 3.78. The van der Waals surface area contributed by atoms with Gasteiger partial charge in [0.05, 0.1) is 5.56 Å². The highest BCUT2D eigenvalue weighted by Gasteiger charge is 2.05. The lowest BCUT2D eigenvalue weighted by Gasteiger charge is -2.05.